The summed E-state index contributed by atoms with van der Waals surface area (Å²) in [5.41, 5.74) is 3.98. The van der Waals surface area contributed by atoms with Crippen LogP contribution in [0.25, 0.3) is 0 Å². The summed E-state index contributed by atoms with van der Waals surface area (Å²) in [6.45, 7) is 16.2. The second-order valence-corrected chi connectivity index (χ2v) is 31.3. The second kappa shape index (κ2) is 26.5. The number of ketones is 4. The van der Waals surface area contributed by atoms with Crippen LogP contribution in [0.4, 0.5) is 0 Å². The van der Waals surface area contributed by atoms with Crippen LogP contribution in [-0.2, 0) is 19.2 Å². The molecule has 8 fully saturated rings. The summed E-state index contributed by atoms with van der Waals surface area (Å²) >= 11 is 0. The molecule has 16 heteroatoms. The SMILES string of the molecule is CC1=NN(CC(=O)c2ccccc2)C(=O)C1(C)[C@@H]1CC2CCC1C2.CC1=NN(CC(=O)c2ccccc2)C(=O)C1(C)[C@H]1CC2CCC1C2.CC1=NN(CC(=O)c2ccccc2)C(=O)[C@@]1(C)C1CC2CCC1C2.CC1=NN(CC(=O)c2ccccc2)C(=O)[C@]1(C)C1CC2CCC1C2. The quantitative estimate of drug-likeness (QED) is 0.0987. The Hall–Kier alpha value is -7.88. The molecule has 0 aromatic heterocycles. The first kappa shape index (κ1) is 66.7. The van der Waals surface area contributed by atoms with Crippen LogP contribution < -0.4 is 0 Å². The number of carbonyl (C=O) groups excluding carboxylic acids is 8. The first-order valence-electron chi connectivity index (χ1n) is 35.8. The van der Waals surface area contributed by atoms with Crippen molar-refractivity contribution in [3.63, 3.8) is 0 Å². The fraction of sp³-hybridized carbons (Fsp3) is 0.550. The van der Waals surface area contributed by atoms with Crippen molar-refractivity contribution in [2.45, 2.75) is 158 Å². The Balaban J connectivity index is 0.000000116. The van der Waals surface area contributed by atoms with Crippen molar-refractivity contribution in [2.24, 2.45) is 113 Å². The monoisotopic (exact) mass is 1300 g/mol. The Labute approximate surface area is 566 Å². The number of benzene rings is 4. The standard InChI is InChI=1S/4C20H24N2O2/c4*1-13-20(2,17-11-14-8-9-16(17)10-14)19(24)22(21-13)12-18(23)15-6-4-3-5-7-15/h4*3-7,14,16-17H,8-12H2,1-2H3/t2*14?,16?,17?,20-;2*14?,16?,17-,20?/m1010/s1. The summed E-state index contributed by atoms with van der Waals surface area (Å²) in [5, 5.41) is 23.6. The van der Waals surface area contributed by atoms with Crippen molar-refractivity contribution in [1.29, 1.82) is 0 Å². The summed E-state index contributed by atoms with van der Waals surface area (Å²) in [6, 6.07) is 36.5. The van der Waals surface area contributed by atoms with Gasteiger partial charge in [-0.2, -0.15) is 20.4 Å². The summed E-state index contributed by atoms with van der Waals surface area (Å²) < 4.78 is 0. The van der Waals surface area contributed by atoms with Gasteiger partial charge in [-0.05, 0) is 203 Å². The first-order valence-corrected chi connectivity index (χ1v) is 35.8. The molecule has 504 valence electrons. The molecule has 4 heterocycles. The highest BCUT2D eigenvalue weighted by atomic mass is 16.2. The number of hydrazone groups is 4. The molecule has 8 aliphatic carbocycles. The summed E-state index contributed by atoms with van der Waals surface area (Å²) in [7, 11) is 0. The van der Waals surface area contributed by atoms with E-state index in [0.29, 0.717) is 69.6 Å². The molecule has 4 aromatic carbocycles. The molecule has 16 nitrogen and oxygen atoms in total. The Bertz CT molecular complexity index is 3340. The highest BCUT2D eigenvalue weighted by Gasteiger charge is 2.61. The number of carbonyl (C=O) groups is 8. The van der Waals surface area contributed by atoms with Crippen LogP contribution in [0, 0.1) is 92.7 Å². The number of amides is 4. The van der Waals surface area contributed by atoms with Crippen molar-refractivity contribution in [1.82, 2.24) is 20.0 Å². The van der Waals surface area contributed by atoms with E-state index in [-0.39, 0.29) is 72.9 Å². The van der Waals surface area contributed by atoms with Gasteiger partial charge in [-0.3, -0.25) is 38.4 Å². The molecular formula is C80H96N8O8. The van der Waals surface area contributed by atoms with Crippen molar-refractivity contribution in [3.8, 4) is 0 Å². The molecule has 8 bridgehead atoms. The van der Waals surface area contributed by atoms with Gasteiger partial charge >= 0.3 is 0 Å². The number of hydrogen-bond acceptors (Lipinski definition) is 12. The number of fused-ring (bicyclic) bond motifs is 8. The van der Waals surface area contributed by atoms with Crippen LogP contribution >= 0.6 is 0 Å². The molecule has 4 amide bonds. The minimum absolute atomic E-state index is 0.0156. The Morgan fingerprint density at radius 1 is 0.312 bits per heavy atom. The van der Waals surface area contributed by atoms with E-state index in [2.05, 4.69) is 20.4 Å². The highest BCUT2D eigenvalue weighted by Crippen LogP contribution is 2.60. The predicted molar refractivity (Wildman–Crippen MR) is 371 cm³/mol. The zero-order valence-electron chi connectivity index (χ0n) is 57.5. The van der Waals surface area contributed by atoms with E-state index in [1.54, 1.807) is 48.5 Å². The van der Waals surface area contributed by atoms with Crippen LogP contribution in [-0.4, -0.2) is 116 Å². The van der Waals surface area contributed by atoms with Gasteiger partial charge in [0, 0.05) is 22.3 Å². The van der Waals surface area contributed by atoms with Gasteiger partial charge < -0.3 is 0 Å². The average molecular weight is 1300 g/mol. The zero-order valence-corrected chi connectivity index (χ0v) is 57.5. The van der Waals surface area contributed by atoms with E-state index < -0.39 is 21.7 Å². The summed E-state index contributed by atoms with van der Waals surface area (Å²) in [5.74, 6) is 7.17. The lowest BCUT2D eigenvalue weighted by Gasteiger charge is -2.35. The summed E-state index contributed by atoms with van der Waals surface area (Å²) in [4.78, 5) is 102. The summed E-state index contributed by atoms with van der Waals surface area (Å²) in [6.07, 6.45) is 19.9. The van der Waals surface area contributed by atoms with Crippen molar-refractivity contribution >= 4 is 69.6 Å². The lowest BCUT2D eigenvalue weighted by Crippen LogP contribution is -2.45. The molecule has 4 aliphatic heterocycles. The predicted octanol–water partition coefficient (Wildman–Crippen LogP) is 14.1. The maximum atomic E-state index is 13.1. The first-order chi connectivity index (χ1) is 46.0. The van der Waals surface area contributed by atoms with Gasteiger partial charge in [-0.15, -0.1) is 0 Å². The van der Waals surface area contributed by atoms with E-state index in [9.17, 15) is 38.4 Å². The van der Waals surface area contributed by atoms with E-state index in [4.69, 9.17) is 0 Å². The Morgan fingerprint density at radius 2 is 0.500 bits per heavy atom. The smallest absolute Gasteiger partial charge is 0.255 e. The molecule has 0 N–H and O–H groups in total. The molecule has 16 atom stereocenters. The van der Waals surface area contributed by atoms with Crippen molar-refractivity contribution in [2.75, 3.05) is 26.2 Å². The van der Waals surface area contributed by atoms with E-state index in [1.165, 1.54) is 97.1 Å². The Morgan fingerprint density at radius 3 is 0.656 bits per heavy atom. The van der Waals surface area contributed by atoms with E-state index in [1.807, 2.05) is 128 Å². The second-order valence-electron chi connectivity index (χ2n) is 31.3. The number of Topliss-reactive ketones (excluding diaryl/α,β-unsaturated/α-hetero) is 4. The third-order valence-electron chi connectivity index (χ3n) is 26.3. The minimum Gasteiger partial charge on any atom is -0.292 e. The average Bonchev–Trinajstić information content (AvgIpc) is 1.60. The van der Waals surface area contributed by atoms with Gasteiger partial charge in [0.15, 0.2) is 23.1 Å². The topological polar surface area (TPSA) is 199 Å². The molecular weight excluding hydrogens is 1200 g/mol. The normalized spacial score (nSPS) is 34.8. The molecule has 0 saturated heterocycles. The van der Waals surface area contributed by atoms with Gasteiger partial charge in [0.2, 0.25) is 0 Å². The number of rotatable bonds is 16. The lowest BCUT2D eigenvalue weighted by atomic mass is 9.66. The van der Waals surface area contributed by atoms with E-state index in [0.717, 1.165) is 72.2 Å². The maximum Gasteiger partial charge on any atom is 0.255 e. The van der Waals surface area contributed by atoms with Gasteiger partial charge in [-0.25, -0.2) is 20.0 Å². The maximum absolute atomic E-state index is 13.1. The molecule has 4 aromatic rings. The van der Waals surface area contributed by atoms with Crippen LogP contribution in [0.5, 0.6) is 0 Å². The largest absolute Gasteiger partial charge is 0.292 e. The molecule has 0 radical (unpaired) electrons. The van der Waals surface area contributed by atoms with Crippen molar-refractivity contribution < 1.29 is 38.4 Å². The molecule has 16 rings (SSSR count). The van der Waals surface area contributed by atoms with Crippen molar-refractivity contribution in [3.05, 3.63) is 144 Å². The molecule has 12 aliphatic rings. The number of hydrogen-bond donors (Lipinski definition) is 0. The van der Waals surface area contributed by atoms with E-state index >= 15 is 0 Å². The van der Waals surface area contributed by atoms with Crippen LogP contribution in [0.1, 0.15) is 200 Å². The molecule has 96 heavy (non-hydrogen) atoms. The molecule has 0 spiro atoms. The van der Waals surface area contributed by atoms with Crippen LogP contribution in [0.3, 0.4) is 0 Å². The van der Waals surface area contributed by atoms with Gasteiger partial charge in [0.1, 0.15) is 26.2 Å². The van der Waals surface area contributed by atoms with Gasteiger partial charge in [-0.1, -0.05) is 147 Å². The minimum atomic E-state index is -0.517. The zero-order chi connectivity index (χ0) is 67.6. The number of nitrogens with zero attached hydrogens (tertiary/aromatic N) is 8. The van der Waals surface area contributed by atoms with Gasteiger partial charge in [0.05, 0.1) is 44.5 Å². The lowest BCUT2D eigenvalue weighted by molar-refractivity contribution is -0.138. The van der Waals surface area contributed by atoms with Gasteiger partial charge in [0.25, 0.3) is 23.6 Å². The van der Waals surface area contributed by atoms with Crippen LogP contribution in [0.15, 0.2) is 142 Å². The fourth-order valence-electron chi connectivity index (χ4n) is 20.4. The van der Waals surface area contributed by atoms with Crippen LogP contribution in [0.2, 0.25) is 0 Å². The fourth-order valence-corrected chi connectivity index (χ4v) is 20.4. The third-order valence-corrected chi connectivity index (χ3v) is 26.3. The Kier molecular flexibility index (Phi) is 18.4. The highest BCUT2D eigenvalue weighted by molar-refractivity contribution is 6.15. The molecule has 12 unspecified atom stereocenters. The molecule has 8 saturated carbocycles. The third kappa shape index (κ3) is 12.0.